The number of Topliss-reactive ketones (excluding diaryl/α,β-unsaturated/α-hetero) is 2. The minimum Gasteiger partial charge on any atom is -0.396 e. The minimum absolute atomic E-state index is 0.0199. The Balaban J connectivity index is 0.000000228. The lowest BCUT2D eigenvalue weighted by Gasteiger charge is -2.24. The molecule has 12 nitrogen and oxygen atoms in total. The van der Waals surface area contributed by atoms with E-state index in [1.807, 2.05) is 10.7 Å². The lowest BCUT2D eigenvalue weighted by molar-refractivity contribution is -0.137. The van der Waals surface area contributed by atoms with Crippen LogP contribution in [0.1, 0.15) is 104 Å². The molecule has 0 spiro atoms. The van der Waals surface area contributed by atoms with Gasteiger partial charge in [-0.05, 0) is 98.3 Å². The van der Waals surface area contributed by atoms with Gasteiger partial charge in [0.15, 0.2) is 25.5 Å². The summed E-state index contributed by atoms with van der Waals surface area (Å²) in [5, 5.41) is 27.6. The van der Waals surface area contributed by atoms with Crippen molar-refractivity contribution in [1.82, 2.24) is 19.6 Å². The monoisotopic (exact) mass is 870 g/mol. The largest absolute Gasteiger partial charge is 0.416 e. The fourth-order valence-electron chi connectivity index (χ4n) is 6.85. The number of benzene rings is 3. The molecule has 322 valence electrons. The van der Waals surface area contributed by atoms with Crippen LogP contribution >= 0.6 is 0 Å². The molecule has 60 heavy (non-hydrogen) atoms. The standard InChI is InChI=1S/C22H30N2O4S.C21H19F3N2O4S/c1-29(27,28)19-13-11-17(12-14-19)21-16-20(22(26)10-6-3-7-15-25)23-24(21)18-8-4-2-5-9-18;1-3-19(27)20(28)17-12-18(13-4-10-16(11-5-13)31(2,29)30)26(25-17)15-8-6-14(7-9-15)21(22,23)24/h11-14,16,18,25H,2-10,15H2,1H3;4-12,19,27H,3H2,1-2H3. The number of alkyl halides is 3. The first-order chi connectivity index (χ1) is 28.3. The molecule has 17 heteroatoms. The van der Waals surface area contributed by atoms with Crippen LogP contribution in [0.4, 0.5) is 13.2 Å². The van der Waals surface area contributed by atoms with Crippen molar-refractivity contribution in [2.45, 2.75) is 99.2 Å². The molecule has 1 unspecified atom stereocenters. The number of aliphatic hydroxyl groups excluding tert-OH is 2. The number of carbonyl (C=O) groups is 2. The molecule has 0 bridgehead atoms. The summed E-state index contributed by atoms with van der Waals surface area (Å²) in [6.07, 6.45) is 4.99. The van der Waals surface area contributed by atoms with Gasteiger partial charge in [-0.1, -0.05) is 56.9 Å². The van der Waals surface area contributed by atoms with E-state index in [-0.39, 0.29) is 46.0 Å². The Morgan fingerprint density at radius 2 is 1.28 bits per heavy atom. The van der Waals surface area contributed by atoms with Gasteiger partial charge in [0.25, 0.3) is 0 Å². The maximum atomic E-state index is 12.9. The molecular formula is C43H49F3N4O8S2. The normalized spacial score (nSPS) is 14.3. The van der Waals surface area contributed by atoms with E-state index in [1.165, 1.54) is 59.8 Å². The summed E-state index contributed by atoms with van der Waals surface area (Å²) in [5.41, 5.74) is 2.43. The zero-order valence-corrected chi connectivity index (χ0v) is 35.2. The maximum Gasteiger partial charge on any atom is 0.416 e. The Hall–Kier alpha value is -4.97. The molecule has 0 aliphatic heterocycles. The van der Waals surface area contributed by atoms with Gasteiger partial charge in [-0.3, -0.25) is 14.3 Å². The van der Waals surface area contributed by atoms with Crippen molar-refractivity contribution in [3.8, 4) is 28.2 Å². The molecule has 0 saturated heterocycles. The summed E-state index contributed by atoms with van der Waals surface area (Å²) < 4.78 is 88.9. The van der Waals surface area contributed by atoms with Gasteiger partial charge in [-0.15, -0.1) is 0 Å². The van der Waals surface area contributed by atoms with E-state index >= 15 is 0 Å². The highest BCUT2D eigenvalue weighted by molar-refractivity contribution is 7.91. The average Bonchev–Trinajstić information content (AvgIpc) is 3.88. The topological polar surface area (TPSA) is 179 Å². The summed E-state index contributed by atoms with van der Waals surface area (Å²) in [6.45, 7) is 1.78. The van der Waals surface area contributed by atoms with Crippen LogP contribution < -0.4 is 0 Å². The molecule has 5 aromatic rings. The van der Waals surface area contributed by atoms with Gasteiger partial charge in [-0.25, -0.2) is 21.5 Å². The first-order valence-corrected chi connectivity index (χ1v) is 23.4. The Morgan fingerprint density at radius 3 is 1.78 bits per heavy atom. The number of hydrogen-bond acceptors (Lipinski definition) is 10. The Bertz CT molecular complexity index is 2470. The number of rotatable bonds is 15. The summed E-state index contributed by atoms with van der Waals surface area (Å²) >= 11 is 0. The van der Waals surface area contributed by atoms with E-state index in [9.17, 15) is 44.7 Å². The Morgan fingerprint density at radius 1 is 0.750 bits per heavy atom. The second-order valence-electron chi connectivity index (χ2n) is 14.9. The van der Waals surface area contributed by atoms with Crippen LogP contribution in [0.25, 0.3) is 28.2 Å². The number of halogens is 3. The quantitative estimate of drug-likeness (QED) is 0.0772. The highest BCUT2D eigenvalue weighted by Gasteiger charge is 2.30. The highest BCUT2D eigenvalue weighted by Crippen LogP contribution is 2.34. The molecule has 1 aliphatic rings. The molecule has 2 aromatic heterocycles. The molecule has 0 radical (unpaired) electrons. The molecule has 1 aliphatic carbocycles. The van der Waals surface area contributed by atoms with Gasteiger partial charge in [0.05, 0.1) is 38.5 Å². The molecule has 2 heterocycles. The van der Waals surface area contributed by atoms with E-state index in [0.717, 1.165) is 68.2 Å². The van der Waals surface area contributed by atoms with Crippen molar-refractivity contribution in [3.63, 3.8) is 0 Å². The average molecular weight is 871 g/mol. The van der Waals surface area contributed by atoms with Crippen LogP contribution in [0.5, 0.6) is 0 Å². The van der Waals surface area contributed by atoms with Gasteiger partial charge in [0.1, 0.15) is 17.5 Å². The van der Waals surface area contributed by atoms with Gasteiger partial charge in [-0.2, -0.15) is 23.4 Å². The Kier molecular flexibility index (Phi) is 15.1. The Labute approximate surface area is 347 Å². The fraction of sp³-hybridized carbons (Fsp3) is 0.395. The molecule has 2 N–H and O–H groups in total. The molecule has 1 atom stereocenters. The third-order valence-electron chi connectivity index (χ3n) is 10.3. The van der Waals surface area contributed by atoms with Crippen molar-refractivity contribution in [3.05, 3.63) is 102 Å². The van der Waals surface area contributed by atoms with Gasteiger partial charge < -0.3 is 10.2 Å². The van der Waals surface area contributed by atoms with E-state index in [1.54, 1.807) is 31.2 Å². The van der Waals surface area contributed by atoms with Crippen LogP contribution in [-0.4, -0.2) is 83.4 Å². The van der Waals surface area contributed by atoms with Crippen LogP contribution in [0, 0.1) is 0 Å². The minimum atomic E-state index is -4.50. The molecule has 1 fully saturated rings. The highest BCUT2D eigenvalue weighted by atomic mass is 32.2. The summed E-state index contributed by atoms with van der Waals surface area (Å²) in [6, 6.07) is 20.4. The zero-order valence-electron chi connectivity index (χ0n) is 33.6. The number of ketones is 2. The predicted octanol–water partition coefficient (Wildman–Crippen LogP) is 8.11. The molecule has 6 rings (SSSR count). The van der Waals surface area contributed by atoms with Crippen LogP contribution in [0.2, 0.25) is 0 Å². The molecule has 3 aromatic carbocycles. The zero-order chi connectivity index (χ0) is 43.8. The van der Waals surface area contributed by atoms with Crippen molar-refractivity contribution >= 4 is 31.2 Å². The smallest absolute Gasteiger partial charge is 0.396 e. The van der Waals surface area contributed by atoms with E-state index in [4.69, 9.17) is 5.11 Å². The second kappa shape index (κ2) is 19.6. The molecule has 0 amide bonds. The van der Waals surface area contributed by atoms with Crippen molar-refractivity contribution in [1.29, 1.82) is 0 Å². The third-order valence-corrected chi connectivity index (χ3v) is 12.5. The summed E-state index contributed by atoms with van der Waals surface area (Å²) in [5.74, 6) is -0.603. The van der Waals surface area contributed by atoms with Crippen molar-refractivity contribution < 1.29 is 49.8 Å². The van der Waals surface area contributed by atoms with Gasteiger partial charge >= 0.3 is 6.18 Å². The molecular weight excluding hydrogens is 822 g/mol. The number of unbranched alkanes of at least 4 members (excludes halogenated alkanes) is 2. The van der Waals surface area contributed by atoms with Crippen molar-refractivity contribution in [2.24, 2.45) is 0 Å². The van der Waals surface area contributed by atoms with Crippen LogP contribution in [-0.2, 0) is 25.9 Å². The van der Waals surface area contributed by atoms with Gasteiger partial charge in [0.2, 0.25) is 5.78 Å². The number of hydrogen-bond donors (Lipinski definition) is 2. The second-order valence-corrected chi connectivity index (χ2v) is 18.9. The van der Waals surface area contributed by atoms with Gasteiger partial charge in [0, 0.05) is 31.1 Å². The number of sulfone groups is 2. The number of carbonyl (C=O) groups excluding carboxylic acids is 2. The fourth-order valence-corrected chi connectivity index (χ4v) is 8.11. The third kappa shape index (κ3) is 11.6. The lowest BCUT2D eigenvalue weighted by atomic mass is 9.95. The number of nitrogens with zero attached hydrogens (tertiary/aromatic N) is 4. The molecule has 1 saturated carbocycles. The first-order valence-electron chi connectivity index (χ1n) is 19.7. The van der Waals surface area contributed by atoms with E-state index < -0.39 is 43.3 Å². The number of aromatic nitrogens is 4. The summed E-state index contributed by atoms with van der Waals surface area (Å²) in [7, 11) is -6.67. The predicted molar refractivity (Wildman–Crippen MR) is 221 cm³/mol. The number of aliphatic hydroxyl groups is 2. The first kappa shape index (κ1) is 46.1. The SMILES string of the molecule is CCC(O)C(=O)c1cc(-c2ccc(S(C)(=O)=O)cc2)n(-c2ccc(C(F)(F)F)cc2)n1.CS(=O)(=O)c1ccc(-c2cc(C(=O)CCCCCO)nn2C2CCCCC2)cc1. The van der Waals surface area contributed by atoms with Crippen LogP contribution in [0.3, 0.4) is 0 Å². The van der Waals surface area contributed by atoms with E-state index in [0.29, 0.717) is 29.8 Å². The van der Waals surface area contributed by atoms with Crippen molar-refractivity contribution in [2.75, 3.05) is 19.1 Å². The lowest BCUT2D eigenvalue weighted by Crippen LogP contribution is -2.20. The van der Waals surface area contributed by atoms with Crippen LogP contribution in [0.15, 0.2) is 94.7 Å². The maximum absolute atomic E-state index is 12.9. The summed E-state index contributed by atoms with van der Waals surface area (Å²) in [4.78, 5) is 25.5. The van der Waals surface area contributed by atoms with E-state index in [2.05, 4.69) is 10.2 Å².